The van der Waals surface area contributed by atoms with Gasteiger partial charge in [0.1, 0.15) is 5.69 Å². The molecule has 2 aromatic carbocycles. The van der Waals surface area contributed by atoms with E-state index in [4.69, 9.17) is 5.73 Å². The summed E-state index contributed by atoms with van der Waals surface area (Å²) < 4.78 is 1.77. The maximum Gasteiger partial charge on any atom is 0.113 e. The van der Waals surface area contributed by atoms with Gasteiger partial charge >= 0.3 is 0 Å². The lowest BCUT2D eigenvalue weighted by atomic mass is 10.0. The first-order valence-corrected chi connectivity index (χ1v) is 5.97. The summed E-state index contributed by atoms with van der Waals surface area (Å²) in [5, 5.41) is 10.7. The summed E-state index contributed by atoms with van der Waals surface area (Å²) in [5.41, 5.74) is 7.51. The van der Waals surface area contributed by atoms with E-state index < -0.39 is 0 Å². The van der Waals surface area contributed by atoms with Gasteiger partial charge in [-0.3, -0.25) is 4.68 Å². The molecule has 0 amide bonds. The fourth-order valence-corrected chi connectivity index (χ4v) is 2.11. The van der Waals surface area contributed by atoms with E-state index in [-0.39, 0.29) is 0 Å². The second kappa shape index (κ2) is 4.58. The molecule has 1 aromatic heterocycles. The summed E-state index contributed by atoms with van der Waals surface area (Å²) in [6.07, 6.45) is 1.94. The largest absolute Gasteiger partial charge is 0.329 e. The number of nitrogens with zero attached hydrogens (tertiary/aromatic N) is 3. The fourth-order valence-electron chi connectivity index (χ4n) is 2.11. The second-order valence-corrected chi connectivity index (χ2v) is 4.18. The third-order valence-electron chi connectivity index (χ3n) is 2.96. The molecule has 0 aliphatic carbocycles. The summed E-state index contributed by atoms with van der Waals surface area (Å²) in [5.74, 6) is 0. The Morgan fingerprint density at radius 2 is 1.89 bits per heavy atom. The van der Waals surface area contributed by atoms with Crippen LogP contribution in [0.5, 0.6) is 0 Å². The lowest BCUT2D eigenvalue weighted by Gasteiger charge is -2.02. The first-order chi connectivity index (χ1) is 8.88. The molecule has 0 fully saturated rings. The van der Waals surface area contributed by atoms with Gasteiger partial charge in [-0.25, -0.2) is 0 Å². The molecule has 3 aromatic rings. The smallest absolute Gasteiger partial charge is 0.113 e. The first-order valence-electron chi connectivity index (χ1n) is 5.97. The molecular weight excluding hydrogens is 224 g/mol. The van der Waals surface area contributed by atoms with Crippen molar-refractivity contribution in [3.63, 3.8) is 0 Å². The molecule has 0 radical (unpaired) electrons. The van der Waals surface area contributed by atoms with Crippen LogP contribution in [0.4, 0.5) is 0 Å². The quantitative estimate of drug-likeness (QED) is 0.759. The molecule has 3 rings (SSSR count). The van der Waals surface area contributed by atoms with Crippen LogP contribution in [0.2, 0.25) is 0 Å². The minimum atomic E-state index is 0.568. The van der Waals surface area contributed by atoms with E-state index in [0.29, 0.717) is 13.1 Å². The number of hydrogen-bond donors (Lipinski definition) is 1. The summed E-state index contributed by atoms with van der Waals surface area (Å²) in [7, 11) is 0. The van der Waals surface area contributed by atoms with E-state index in [2.05, 4.69) is 34.6 Å². The number of rotatable bonds is 3. The topological polar surface area (TPSA) is 56.7 Å². The van der Waals surface area contributed by atoms with Gasteiger partial charge in [0.2, 0.25) is 0 Å². The summed E-state index contributed by atoms with van der Waals surface area (Å²) in [4.78, 5) is 0. The molecule has 0 spiro atoms. The van der Waals surface area contributed by atoms with Crippen LogP contribution in [-0.2, 0) is 6.54 Å². The maximum atomic E-state index is 5.51. The summed E-state index contributed by atoms with van der Waals surface area (Å²) >= 11 is 0. The molecule has 18 heavy (non-hydrogen) atoms. The third-order valence-corrected chi connectivity index (χ3v) is 2.96. The highest BCUT2D eigenvalue weighted by Crippen LogP contribution is 2.26. The predicted molar refractivity (Wildman–Crippen MR) is 72.0 cm³/mol. The normalized spacial score (nSPS) is 10.9. The zero-order valence-electron chi connectivity index (χ0n) is 9.95. The van der Waals surface area contributed by atoms with Crippen LogP contribution in [-0.4, -0.2) is 21.5 Å². The van der Waals surface area contributed by atoms with Crippen molar-refractivity contribution >= 4 is 10.8 Å². The zero-order chi connectivity index (χ0) is 12.4. The standard InChI is InChI=1S/C14H14N4/c15-8-9-18-10-14(16-17-18)13-7-3-5-11-4-1-2-6-12(11)13/h1-7,10H,8-9,15H2. The van der Waals surface area contributed by atoms with E-state index in [1.165, 1.54) is 10.8 Å². The van der Waals surface area contributed by atoms with Crippen LogP contribution < -0.4 is 5.73 Å². The Hall–Kier alpha value is -2.20. The van der Waals surface area contributed by atoms with Crippen molar-refractivity contribution in [3.05, 3.63) is 48.7 Å². The van der Waals surface area contributed by atoms with Crippen molar-refractivity contribution in [2.45, 2.75) is 6.54 Å². The Morgan fingerprint density at radius 1 is 1.06 bits per heavy atom. The van der Waals surface area contributed by atoms with E-state index in [9.17, 15) is 0 Å². The first kappa shape index (κ1) is 10.9. The van der Waals surface area contributed by atoms with Crippen molar-refractivity contribution in [1.29, 1.82) is 0 Å². The van der Waals surface area contributed by atoms with Crippen LogP contribution in [0.1, 0.15) is 0 Å². The Kier molecular flexibility index (Phi) is 2.78. The fraction of sp³-hybridized carbons (Fsp3) is 0.143. The maximum absolute atomic E-state index is 5.51. The zero-order valence-corrected chi connectivity index (χ0v) is 9.95. The number of benzene rings is 2. The third kappa shape index (κ3) is 1.87. The van der Waals surface area contributed by atoms with Gasteiger partial charge in [0, 0.05) is 12.1 Å². The minimum Gasteiger partial charge on any atom is -0.329 e. The van der Waals surface area contributed by atoms with Crippen LogP contribution in [0.3, 0.4) is 0 Å². The molecule has 0 unspecified atom stereocenters. The second-order valence-electron chi connectivity index (χ2n) is 4.18. The molecular formula is C14H14N4. The minimum absolute atomic E-state index is 0.568. The van der Waals surface area contributed by atoms with Gasteiger partial charge in [-0.05, 0) is 10.8 Å². The number of aromatic nitrogens is 3. The molecule has 4 heteroatoms. The molecule has 4 nitrogen and oxygen atoms in total. The van der Waals surface area contributed by atoms with Gasteiger partial charge in [0.15, 0.2) is 0 Å². The number of hydrogen-bond acceptors (Lipinski definition) is 3. The Labute approximate surface area is 105 Å². The molecule has 0 saturated carbocycles. The van der Waals surface area contributed by atoms with Gasteiger partial charge in [0.05, 0.1) is 12.7 Å². The lowest BCUT2D eigenvalue weighted by Crippen LogP contribution is -2.10. The monoisotopic (exact) mass is 238 g/mol. The molecule has 0 bridgehead atoms. The average molecular weight is 238 g/mol. The van der Waals surface area contributed by atoms with Crippen molar-refractivity contribution in [2.24, 2.45) is 5.73 Å². The molecule has 0 aliphatic heterocycles. The van der Waals surface area contributed by atoms with Crippen molar-refractivity contribution in [2.75, 3.05) is 6.54 Å². The molecule has 90 valence electrons. The molecule has 0 aliphatic rings. The van der Waals surface area contributed by atoms with Gasteiger partial charge in [-0.2, -0.15) is 0 Å². The highest BCUT2D eigenvalue weighted by molar-refractivity contribution is 5.95. The highest BCUT2D eigenvalue weighted by Gasteiger charge is 2.07. The van der Waals surface area contributed by atoms with Gasteiger partial charge in [-0.15, -0.1) is 5.10 Å². The van der Waals surface area contributed by atoms with Crippen molar-refractivity contribution in [1.82, 2.24) is 15.0 Å². The van der Waals surface area contributed by atoms with Gasteiger partial charge in [0.25, 0.3) is 0 Å². The van der Waals surface area contributed by atoms with Crippen molar-refractivity contribution < 1.29 is 0 Å². The van der Waals surface area contributed by atoms with E-state index >= 15 is 0 Å². The Morgan fingerprint density at radius 3 is 2.78 bits per heavy atom. The summed E-state index contributed by atoms with van der Waals surface area (Å²) in [6.45, 7) is 1.26. The van der Waals surface area contributed by atoms with Gasteiger partial charge in [-0.1, -0.05) is 47.7 Å². The molecule has 2 N–H and O–H groups in total. The number of fused-ring (bicyclic) bond motifs is 1. The van der Waals surface area contributed by atoms with E-state index in [0.717, 1.165) is 11.3 Å². The lowest BCUT2D eigenvalue weighted by molar-refractivity contribution is 0.598. The van der Waals surface area contributed by atoms with E-state index in [1.54, 1.807) is 4.68 Å². The predicted octanol–water partition coefficient (Wildman–Crippen LogP) is 2.06. The van der Waals surface area contributed by atoms with Crippen LogP contribution in [0.15, 0.2) is 48.7 Å². The Bertz CT molecular complexity index is 667. The molecule has 0 saturated heterocycles. The van der Waals surface area contributed by atoms with Gasteiger partial charge < -0.3 is 5.73 Å². The van der Waals surface area contributed by atoms with Crippen LogP contribution >= 0.6 is 0 Å². The molecule has 1 heterocycles. The van der Waals surface area contributed by atoms with E-state index in [1.807, 2.05) is 24.4 Å². The SMILES string of the molecule is NCCn1cc(-c2cccc3ccccc23)nn1. The average Bonchev–Trinajstić information content (AvgIpc) is 2.87. The highest BCUT2D eigenvalue weighted by atomic mass is 15.4. The molecule has 0 atom stereocenters. The van der Waals surface area contributed by atoms with Crippen LogP contribution in [0.25, 0.3) is 22.0 Å². The van der Waals surface area contributed by atoms with Crippen LogP contribution in [0, 0.1) is 0 Å². The number of nitrogens with two attached hydrogens (primary N) is 1. The summed E-state index contributed by atoms with van der Waals surface area (Å²) in [6, 6.07) is 14.5. The van der Waals surface area contributed by atoms with Crippen molar-refractivity contribution in [3.8, 4) is 11.3 Å². The Balaban J connectivity index is 2.12.